The summed E-state index contributed by atoms with van der Waals surface area (Å²) in [6, 6.07) is 17.9. The van der Waals surface area contributed by atoms with Gasteiger partial charge in [0.25, 0.3) is 0 Å². The number of benzene rings is 2. The van der Waals surface area contributed by atoms with Gasteiger partial charge in [-0.3, -0.25) is 4.57 Å². The van der Waals surface area contributed by atoms with E-state index in [-0.39, 0.29) is 16.9 Å². The second-order valence-electron chi connectivity index (χ2n) is 8.85. The highest BCUT2D eigenvalue weighted by Gasteiger charge is 2.57. The normalized spacial score (nSPS) is 21.8. The smallest absolute Gasteiger partial charge is 0.351 e. The molecule has 40 heavy (non-hydrogen) atoms. The number of azide groups is 1. The second-order valence-corrected chi connectivity index (χ2v) is 8.85. The van der Waals surface area contributed by atoms with Gasteiger partial charge < -0.3 is 14.2 Å². The summed E-state index contributed by atoms with van der Waals surface area (Å²) in [4.78, 5) is 49.6. The van der Waals surface area contributed by atoms with E-state index >= 15 is 0 Å². The van der Waals surface area contributed by atoms with Gasteiger partial charge in [-0.1, -0.05) is 48.4 Å². The van der Waals surface area contributed by atoms with Crippen LogP contribution < -0.4 is 5.69 Å². The summed E-state index contributed by atoms with van der Waals surface area (Å²) in [7, 11) is 0. The maximum Gasteiger partial charge on any atom is 0.351 e. The molecule has 14 heteroatoms. The Balaban J connectivity index is 1.50. The number of esters is 2. The van der Waals surface area contributed by atoms with Gasteiger partial charge >= 0.3 is 17.6 Å². The molecule has 0 spiro atoms. The number of hydrogen-bond donors (Lipinski definition) is 0. The number of ether oxygens (including phenoxy) is 3. The van der Waals surface area contributed by atoms with Gasteiger partial charge in [-0.15, -0.1) is 0 Å². The molecule has 4 atom stereocenters. The number of hydrogen-bond acceptors (Lipinski definition) is 10. The average molecular weight is 543 g/mol. The summed E-state index contributed by atoms with van der Waals surface area (Å²) in [6.45, 7) is 1.05. The molecule has 0 N–H and O–H groups in total. The summed E-state index contributed by atoms with van der Waals surface area (Å²) < 4.78 is 19.9. The maximum absolute atomic E-state index is 13.1. The molecular formula is C26H22N8O6. The lowest BCUT2D eigenvalue weighted by molar-refractivity contribution is -0.128. The van der Waals surface area contributed by atoms with Crippen LogP contribution in [-0.4, -0.2) is 54.7 Å². The van der Waals surface area contributed by atoms with Crippen LogP contribution in [0.2, 0.25) is 0 Å². The Morgan fingerprint density at radius 3 is 2.35 bits per heavy atom. The summed E-state index contributed by atoms with van der Waals surface area (Å²) in [5, 5.41) is 7.77. The van der Waals surface area contributed by atoms with Crippen LogP contribution in [0.25, 0.3) is 16.3 Å². The molecule has 14 nitrogen and oxygen atoms in total. The fourth-order valence-corrected chi connectivity index (χ4v) is 4.39. The minimum absolute atomic E-state index is 0.217. The Hall–Kier alpha value is -5.33. The van der Waals surface area contributed by atoms with E-state index in [1.807, 2.05) is 0 Å². The molecule has 2 aromatic heterocycles. The molecule has 0 unspecified atom stereocenters. The van der Waals surface area contributed by atoms with Crippen LogP contribution in [0.4, 0.5) is 0 Å². The van der Waals surface area contributed by atoms with Crippen LogP contribution in [0.1, 0.15) is 33.9 Å². The van der Waals surface area contributed by atoms with Crippen LogP contribution in [0.3, 0.4) is 0 Å². The van der Waals surface area contributed by atoms with Crippen molar-refractivity contribution >= 4 is 11.9 Å². The highest BCUT2D eigenvalue weighted by atomic mass is 16.6. The van der Waals surface area contributed by atoms with Gasteiger partial charge in [-0.25, -0.2) is 24.0 Å². The van der Waals surface area contributed by atoms with Gasteiger partial charge in [0, 0.05) is 17.0 Å². The van der Waals surface area contributed by atoms with Crippen molar-refractivity contribution in [3.8, 4) is 5.82 Å². The van der Waals surface area contributed by atoms with Crippen LogP contribution >= 0.6 is 0 Å². The second kappa shape index (κ2) is 11.2. The van der Waals surface area contributed by atoms with Gasteiger partial charge in [0.2, 0.25) is 5.72 Å². The molecule has 1 aliphatic heterocycles. The van der Waals surface area contributed by atoms with Crippen molar-refractivity contribution in [3.05, 3.63) is 118 Å². The lowest BCUT2D eigenvalue weighted by atomic mass is 9.97. The SMILES string of the molecule is C[C@@H]1[C@H](n2ccc(-n3cncn3)nc2=O)O[C@@](COC(=O)c2ccccc2)(N=[N+]=[N-])[C@H]1OC(=O)c1ccccc1. The van der Waals surface area contributed by atoms with E-state index in [0.717, 1.165) is 0 Å². The standard InChI is InChI=1S/C26H22N8O6/c1-17-21(39-24(36)19-10-6-3-7-11-19)26(31-32-27,14-38-23(35)18-8-4-2-5-9-18)40-22(17)33-13-12-20(30-25(33)37)34-16-28-15-29-34/h2-13,15-17,21-22H,14H2,1H3/t17-,21-,22+,26+/m0/s1. The van der Waals surface area contributed by atoms with Crippen molar-refractivity contribution in [2.75, 3.05) is 6.61 Å². The summed E-state index contributed by atoms with van der Waals surface area (Å²) >= 11 is 0. The van der Waals surface area contributed by atoms with Crippen LogP contribution in [0.5, 0.6) is 0 Å². The van der Waals surface area contributed by atoms with Gasteiger partial charge in [0.1, 0.15) is 31.6 Å². The fraction of sp³-hybridized carbons (Fsp3) is 0.231. The molecule has 0 bridgehead atoms. The molecule has 0 amide bonds. The molecule has 2 aromatic carbocycles. The molecule has 0 radical (unpaired) electrons. The average Bonchev–Trinajstić information content (AvgIpc) is 3.61. The predicted molar refractivity (Wildman–Crippen MR) is 137 cm³/mol. The quantitative estimate of drug-likeness (QED) is 0.140. The van der Waals surface area contributed by atoms with Gasteiger partial charge in [0.15, 0.2) is 5.82 Å². The maximum atomic E-state index is 13.1. The van der Waals surface area contributed by atoms with Gasteiger partial charge in [-0.2, -0.15) is 10.1 Å². The molecule has 5 rings (SSSR count). The van der Waals surface area contributed by atoms with E-state index in [9.17, 15) is 19.9 Å². The monoisotopic (exact) mass is 542 g/mol. The molecule has 3 heterocycles. The number of carbonyl (C=O) groups excluding carboxylic acids is 2. The van der Waals surface area contributed by atoms with Crippen molar-refractivity contribution in [1.82, 2.24) is 24.3 Å². The van der Waals surface area contributed by atoms with Crippen LogP contribution in [0, 0.1) is 5.92 Å². The molecule has 1 saturated heterocycles. The zero-order valence-electron chi connectivity index (χ0n) is 21.0. The Labute approximate surface area is 226 Å². The summed E-state index contributed by atoms with van der Waals surface area (Å²) in [5.41, 5.74) is 7.26. The molecule has 0 saturated carbocycles. The van der Waals surface area contributed by atoms with E-state index in [0.29, 0.717) is 0 Å². The molecule has 202 valence electrons. The van der Waals surface area contributed by atoms with Crippen molar-refractivity contribution in [2.24, 2.45) is 11.0 Å². The zero-order valence-corrected chi connectivity index (χ0v) is 21.0. The first-order chi connectivity index (χ1) is 19.4. The Morgan fingerprint density at radius 2 is 1.75 bits per heavy atom. The molecule has 1 fully saturated rings. The minimum atomic E-state index is -2.00. The first-order valence-corrected chi connectivity index (χ1v) is 12.1. The molecular weight excluding hydrogens is 520 g/mol. The first-order valence-electron chi connectivity index (χ1n) is 12.1. The molecule has 4 aromatic rings. The lowest BCUT2D eigenvalue weighted by Crippen LogP contribution is -2.46. The lowest BCUT2D eigenvalue weighted by Gasteiger charge is -2.29. The van der Waals surface area contributed by atoms with Crippen molar-refractivity contribution < 1.29 is 23.8 Å². The Morgan fingerprint density at radius 1 is 1.07 bits per heavy atom. The third-order valence-electron chi connectivity index (χ3n) is 6.32. The minimum Gasteiger partial charge on any atom is -0.459 e. The first kappa shape index (κ1) is 26.3. The predicted octanol–water partition coefficient (Wildman–Crippen LogP) is 3.08. The fourth-order valence-electron chi connectivity index (χ4n) is 4.39. The summed E-state index contributed by atoms with van der Waals surface area (Å²) in [6.07, 6.45) is 1.73. The van der Waals surface area contributed by atoms with E-state index in [2.05, 4.69) is 25.1 Å². The molecule has 1 aliphatic rings. The van der Waals surface area contributed by atoms with E-state index < -0.39 is 48.2 Å². The van der Waals surface area contributed by atoms with Crippen molar-refractivity contribution in [3.63, 3.8) is 0 Å². The number of aromatic nitrogens is 5. The largest absolute Gasteiger partial charge is 0.459 e. The highest BCUT2D eigenvalue weighted by molar-refractivity contribution is 5.90. The highest BCUT2D eigenvalue weighted by Crippen LogP contribution is 2.44. The van der Waals surface area contributed by atoms with E-state index in [1.165, 1.54) is 34.2 Å². The number of nitrogens with zero attached hydrogens (tertiary/aromatic N) is 8. The topological polar surface area (TPSA) is 176 Å². The number of carbonyl (C=O) groups is 2. The Bertz CT molecular complexity index is 1610. The Kier molecular flexibility index (Phi) is 7.35. The van der Waals surface area contributed by atoms with Crippen molar-refractivity contribution in [2.45, 2.75) is 25.0 Å². The third kappa shape index (κ3) is 5.16. The van der Waals surface area contributed by atoms with Gasteiger partial charge in [-0.05, 0) is 35.9 Å². The van der Waals surface area contributed by atoms with Crippen LogP contribution in [-0.2, 0) is 14.2 Å². The van der Waals surface area contributed by atoms with Gasteiger partial charge in [0.05, 0.1) is 11.1 Å². The molecule has 0 aliphatic carbocycles. The third-order valence-corrected chi connectivity index (χ3v) is 6.32. The van der Waals surface area contributed by atoms with E-state index in [1.54, 1.807) is 67.6 Å². The van der Waals surface area contributed by atoms with E-state index in [4.69, 9.17) is 14.2 Å². The summed E-state index contributed by atoms with van der Waals surface area (Å²) in [5.74, 6) is -1.97. The van der Waals surface area contributed by atoms with Crippen LogP contribution in [0.15, 0.2) is 95.5 Å². The number of rotatable bonds is 8. The van der Waals surface area contributed by atoms with Crippen molar-refractivity contribution in [1.29, 1.82) is 0 Å². The zero-order chi connectivity index (χ0) is 28.1.